The van der Waals surface area contributed by atoms with Crippen molar-refractivity contribution in [1.82, 2.24) is 0 Å². The van der Waals surface area contributed by atoms with Crippen LogP contribution in [-0.2, 0) is 0 Å². The number of rotatable bonds is 3. The first-order valence-electron chi connectivity index (χ1n) is 5.85. The third-order valence-corrected chi connectivity index (χ3v) is 3.31. The smallest absolute Gasteiger partial charge is 0.337 e. The minimum absolute atomic E-state index is 0.142. The van der Waals surface area contributed by atoms with Crippen molar-refractivity contribution in [1.29, 1.82) is 0 Å². The maximum atomic E-state index is 12.5. The van der Waals surface area contributed by atoms with E-state index in [2.05, 4.69) is 0 Å². The minimum Gasteiger partial charge on any atom is -0.478 e. The predicted molar refractivity (Wildman–Crippen MR) is 64.3 cm³/mol. The predicted octanol–water partition coefficient (Wildman–Crippen LogP) is 2.57. The Morgan fingerprint density at radius 1 is 1.35 bits per heavy atom. The summed E-state index contributed by atoms with van der Waals surface area (Å²) in [5.74, 6) is -0.767. The van der Waals surface area contributed by atoms with Crippen LogP contribution in [0, 0.1) is 5.92 Å². The Bertz CT molecular complexity index is 400. The molecule has 92 valence electrons. The highest BCUT2D eigenvalue weighted by molar-refractivity contribution is 5.94. The van der Waals surface area contributed by atoms with E-state index in [1.54, 1.807) is 12.1 Å². The van der Waals surface area contributed by atoms with Crippen LogP contribution in [-0.4, -0.2) is 30.8 Å². The summed E-state index contributed by atoms with van der Waals surface area (Å²) in [4.78, 5) is 13.1. The number of carboxylic acids is 1. The number of hydrogen-bond acceptors (Lipinski definition) is 2. The van der Waals surface area contributed by atoms with Crippen LogP contribution in [0.2, 0.25) is 0 Å². The van der Waals surface area contributed by atoms with Crippen LogP contribution < -0.4 is 4.90 Å². The molecule has 1 aromatic carbocycles. The van der Waals surface area contributed by atoms with E-state index in [1.807, 2.05) is 17.0 Å². The third-order valence-electron chi connectivity index (χ3n) is 3.31. The number of anilines is 1. The highest BCUT2D eigenvalue weighted by atomic mass is 19.1. The second kappa shape index (κ2) is 5.17. The number of para-hydroxylation sites is 1. The van der Waals surface area contributed by atoms with Gasteiger partial charge in [-0.3, -0.25) is 4.39 Å². The summed E-state index contributed by atoms with van der Waals surface area (Å²) in [5, 5.41) is 9.11. The zero-order chi connectivity index (χ0) is 12.3. The summed E-state index contributed by atoms with van der Waals surface area (Å²) in [6.07, 6.45) is 1.59. The Labute approximate surface area is 99.9 Å². The molecule has 1 fully saturated rings. The number of halogens is 1. The van der Waals surface area contributed by atoms with E-state index in [0.29, 0.717) is 5.56 Å². The molecule has 0 spiro atoms. The molecular formula is C13H16FNO2. The van der Waals surface area contributed by atoms with Crippen LogP contribution in [0.3, 0.4) is 0 Å². The number of piperidine rings is 1. The molecule has 0 saturated carbocycles. The van der Waals surface area contributed by atoms with Crippen LogP contribution in [0.5, 0.6) is 0 Å². The number of aromatic carboxylic acids is 1. The second-order valence-corrected chi connectivity index (χ2v) is 4.41. The van der Waals surface area contributed by atoms with Crippen molar-refractivity contribution in [3.8, 4) is 0 Å². The monoisotopic (exact) mass is 237 g/mol. The van der Waals surface area contributed by atoms with Gasteiger partial charge in [-0.25, -0.2) is 4.79 Å². The molecule has 0 bridgehead atoms. The van der Waals surface area contributed by atoms with E-state index in [-0.39, 0.29) is 12.6 Å². The van der Waals surface area contributed by atoms with Crippen molar-refractivity contribution in [2.75, 3.05) is 24.7 Å². The number of nitrogens with zero attached hydrogens (tertiary/aromatic N) is 1. The van der Waals surface area contributed by atoms with Gasteiger partial charge in [0.15, 0.2) is 0 Å². The van der Waals surface area contributed by atoms with Gasteiger partial charge in [0, 0.05) is 13.1 Å². The highest BCUT2D eigenvalue weighted by Crippen LogP contribution is 2.26. The zero-order valence-electron chi connectivity index (χ0n) is 9.60. The van der Waals surface area contributed by atoms with Gasteiger partial charge in [-0.2, -0.15) is 0 Å². The molecule has 3 nitrogen and oxygen atoms in total. The maximum Gasteiger partial charge on any atom is 0.337 e. The van der Waals surface area contributed by atoms with E-state index in [9.17, 15) is 9.18 Å². The fourth-order valence-corrected chi connectivity index (χ4v) is 2.26. The molecule has 0 aromatic heterocycles. The molecule has 1 aliphatic rings. The van der Waals surface area contributed by atoms with Gasteiger partial charge in [0.05, 0.1) is 17.9 Å². The van der Waals surface area contributed by atoms with Crippen LogP contribution in [0.1, 0.15) is 23.2 Å². The maximum absolute atomic E-state index is 12.5. The standard InChI is InChI=1S/C13H16FNO2/c14-9-10-5-7-15(8-6-10)12-4-2-1-3-11(12)13(16)17/h1-4,10H,5-9H2,(H,16,17). The van der Waals surface area contributed by atoms with E-state index >= 15 is 0 Å². The van der Waals surface area contributed by atoms with E-state index in [1.165, 1.54) is 0 Å². The Balaban J connectivity index is 2.15. The number of hydrogen-bond donors (Lipinski definition) is 1. The van der Waals surface area contributed by atoms with Gasteiger partial charge in [-0.15, -0.1) is 0 Å². The lowest BCUT2D eigenvalue weighted by Crippen LogP contribution is -2.35. The lowest BCUT2D eigenvalue weighted by atomic mass is 9.97. The molecule has 0 amide bonds. The summed E-state index contributed by atoms with van der Waals surface area (Å²) in [6.45, 7) is 1.20. The van der Waals surface area contributed by atoms with Crippen molar-refractivity contribution in [3.63, 3.8) is 0 Å². The first-order valence-corrected chi connectivity index (χ1v) is 5.85. The zero-order valence-corrected chi connectivity index (χ0v) is 9.60. The van der Waals surface area contributed by atoms with Crippen LogP contribution >= 0.6 is 0 Å². The molecule has 0 radical (unpaired) electrons. The summed E-state index contributed by atoms with van der Waals surface area (Å²) >= 11 is 0. The first-order chi connectivity index (χ1) is 8.22. The minimum atomic E-state index is -0.909. The van der Waals surface area contributed by atoms with Crippen LogP contribution in [0.15, 0.2) is 24.3 Å². The van der Waals surface area contributed by atoms with Gasteiger partial charge in [-0.1, -0.05) is 12.1 Å². The average molecular weight is 237 g/mol. The quantitative estimate of drug-likeness (QED) is 0.878. The summed E-state index contributed by atoms with van der Waals surface area (Å²) in [5.41, 5.74) is 1.07. The van der Waals surface area contributed by atoms with Crippen molar-refractivity contribution < 1.29 is 14.3 Å². The normalized spacial score (nSPS) is 17.1. The van der Waals surface area contributed by atoms with Crippen LogP contribution in [0.25, 0.3) is 0 Å². The molecule has 1 saturated heterocycles. The van der Waals surface area contributed by atoms with Crippen molar-refractivity contribution in [2.24, 2.45) is 5.92 Å². The van der Waals surface area contributed by atoms with Gasteiger partial charge in [0.1, 0.15) is 0 Å². The lowest BCUT2D eigenvalue weighted by molar-refractivity contribution is 0.0697. The number of benzene rings is 1. The molecule has 1 aliphatic heterocycles. The van der Waals surface area contributed by atoms with Gasteiger partial charge in [-0.05, 0) is 30.9 Å². The molecule has 2 rings (SSSR count). The number of carbonyl (C=O) groups is 1. The molecule has 0 aliphatic carbocycles. The summed E-state index contributed by atoms with van der Waals surface area (Å²) in [7, 11) is 0. The molecule has 17 heavy (non-hydrogen) atoms. The lowest BCUT2D eigenvalue weighted by Gasteiger charge is -2.33. The molecule has 1 heterocycles. The second-order valence-electron chi connectivity index (χ2n) is 4.41. The number of alkyl halides is 1. The van der Waals surface area contributed by atoms with Crippen molar-refractivity contribution >= 4 is 11.7 Å². The Kier molecular flexibility index (Phi) is 3.61. The molecule has 0 unspecified atom stereocenters. The van der Waals surface area contributed by atoms with Crippen molar-refractivity contribution in [2.45, 2.75) is 12.8 Å². The van der Waals surface area contributed by atoms with Gasteiger partial charge < -0.3 is 10.0 Å². The van der Waals surface area contributed by atoms with Gasteiger partial charge >= 0.3 is 5.97 Å². The highest BCUT2D eigenvalue weighted by Gasteiger charge is 2.22. The summed E-state index contributed by atoms with van der Waals surface area (Å²) in [6, 6.07) is 6.99. The fourth-order valence-electron chi connectivity index (χ4n) is 2.26. The van der Waals surface area contributed by atoms with Crippen LogP contribution in [0.4, 0.5) is 10.1 Å². The van der Waals surface area contributed by atoms with E-state index in [0.717, 1.165) is 31.6 Å². The Morgan fingerprint density at radius 3 is 2.59 bits per heavy atom. The topological polar surface area (TPSA) is 40.5 Å². The van der Waals surface area contributed by atoms with E-state index in [4.69, 9.17) is 5.11 Å². The molecule has 4 heteroatoms. The van der Waals surface area contributed by atoms with Gasteiger partial charge in [0.25, 0.3) is 0 Å². The molecular weight excluding hydrogens is 221 g/mol. The fraction of sp³-hybridized carbons (Fsp3) is 0.462. The Hall–Kier alpha value is -1.58. The molecule has 0 atom stereocenters. The number of carboxylic acid groups (broad SMARTS) is 1. The Morgan fingerprint density at radius 2 is 2.00 bits per heavy atom. The molecule has 1 aromatic rings. The average Bonchev–Trinajstić information content (AvgIpc) is 2.39. The first kappa shape index (κ1) is 11.9. The molecule has 1 N–H and O–H groups in total. The third kappa shape index (κ3) is 2.57. The summed E-state index contributed by atoms with van der Waals surface area (Å²) < 4.78 is 12.5. The van der Waals surface area contributed by atoms with E-state index < -0.39 is 5.97 Å². The van der Waals surface area contributed by atoms with Gasteiger partial charge in [0.2, 0.25) is 0 Å². The largest absolute Gasteiger partial charge is 0.478 e. The van der Waals surface area contributed by atoms with Crippen molar-refractivity contribution in [3.05, 3.63) is 29.8 Å². The SMILES string of the molecule is O=C(O)c1ccccc1N1CCC(CF)CC1.